The highest BCUT2D eigenvalue weighted by atomic mass is 16.5. The van der Waals surface area contributed by atoms with Crippen LogP contribution in [0.4, 0.5) is 0 Å². The first kappa shape index (κ1) is 16.9. The van der Waals surface area contributed by atoms with E-state index in [9.17, 15) is 0 Å². The normalized spacial score (nSPS) is 27.0. The molecule has 1 aromatic rings. The van der Waals surface area contributed by atoms with Gasteiger partial charge < -0.3 is 15.0 Å². The number of hydrogen-bond donors (Lipinski definition) is 1. The molecule has 0 saturated heterocycles. The Morgan fingerprint density at radius 3 is 2.96 bits per heavy atom. The van der Waals surface area contributed by atoms with Gasteiger partial charge in [-0.2, -0.15) is 0 Å². The zero-order valence-electron chi connectivity index (χ0n) is 15.6. The summed E-state index contributed by atoms with van der Waals surface area (Å²) in [5, 5.41) is 3.43. The number of rotatable bonds is 8. The second-order valence-corrected chi connectivity index (χ2v) is 7.89. The summed E-state index contributed by atoms with van der Waals surface area (Å²) in [5.74, 6) is 4.19. The number of guanidine groups is 1. The minimum absolute atomic E-state index is 0.739. The molecule has 25 heavy (non-hydrogen) atoms. The van der Waals surface area contributed by atoms with Crippen LogP contribution in [0.5, 0.6) is 0 Å². The third kappa shape index (κ3) is 3.84. The van der Waals surface area contributed by atoms with Crippen molar-refractivity contribution in [3.05, 3.63) is 35.4 Å². The fourth-order valence-corrected chi connectivity index (χ4v) is 4.24. The summed E-state index contributed by atoms with van der Waals surface area (Å²) in [7, 11) is 2.12. The van der Waals surface area contributed by atoms with E-state index in [1.807, 2.05) is 0 Å². The van der Waals surface area contributed by atoms with Crippen molar-refractivity contribution in [2.24, 2.45) is 22.7 Å². The Hall–Kier alpha value is -1.55. The molecule has 4 heteroatoms. The topological polar surface area (TPSA) is 36.9 Å². The predicted octanol–water partition coefficient (Wildman–Crippen LogP) is 2.90. The van der Waals surface area contributed by atoms with E-state index in [-0.39, 0.29) is 0 Å². The lowest BCUT2D eigenvalue weighted by atomic mass is 10.0. The lowest BCUT2D eigenvalue weighted by Crippen LogP contribution is -2.40. The molecular weight excluding hydrogens is 310 g/mol. The minimum atomic E-state index is 0.739. The molecule has 136 valence electrons. The largest absolute Gasteiger partial charge is 0.379 e. The van der Waals surface area contributed by atoms with E-state index < -0.39 is 0 Å². The first-order chi connectivity index (χ1) is 12.3. The molecule has 1 N–H and O–H groups in total. The number of benzene rings is 1. The molecule has 0 amide bonds. The molecule has 2 fully saturated rings. The Kier molecular flexibility index (Phi) is 4.98. The van der Waals surface area contributed by atoms with Crippen molar-refractivity contribution in [2.45, 2.75) is 32.1 Å². The maximum absolute atomic E-state index is 5.77. The summed E-state index contributed by atoms with van der Waals surface area (Å²) >= 11 is 0. The quantitative estimate of drug-likeness (QED) is 0.449. The summed E-state index contributed by atoms with van der Waals surface area (Å²) in [6.07, 6.45) is 3.96. The Morgan fingerprint density at radius 1 is 1.32 bits per heavy atom. The van der Waals surface area contributed by atoms with Crippen molar-refractivity contribution in [3.63, 3.8) is 0 Å². The highest BCUT2D eigenvalue weighted by molar-refractivity contribution is 5.79. The first-order valence-corrected chi connectivity index (χ1v) is 9.93. The van der Waals surface area contributed by atoms with Crippen LogP contribution in [0.2, 0.25) is 0 Å². The van der Waals surface area contributed by atoms with Crippen LogP contribution in [-0.2, 0) is 11.2 Å². The zero-order chi connectivity index (χ0) is 17.2. The zero-order valence-corrected chi connectivity index (χ0v) is 15.6. The summed E-state index contributed by atoms with van der Waals surface area (Å²) < 4.78 is 5.77. The molecule has 3 aliphatic carbocycles. The van der Waals surface area contributed by atoms with Gasteiger partial charge in [-0.15, -0.1) is 0 Å². The SMILES string of the molecule is CCNC(=NCC1C2Cc3ccccc3C12)N(C)CCOCC1CC1. The Morgan fingerprint density at radius 2 is 2.16 bits per heavy atom. The van der Waals surface area contributed by atoms with Gasteiger partial charge in [0.15, 0.2) is 5.96 Å². The van der Waals surface area contributed by atoms with E-state index in [1.54, 1.807) is 11.1 Å². The predicted molar refractivity (Wildman–Crippen MR) is 102 cm³/mol. The Balaban J connectivity index is 1.27. The molecule has 0 heterocycles. The lowest BCUT2D eigenvalue weighted by molar-refractivity contribution is 0.115. The molecule has 3 atom stereocenters. The molecular formula is C21H31N3O. The second-order valence-electron chi connectivity index (χ2n) is 7.89. The van der Waals surface area contributed by atoms with E-state index in [0.717, 1.165) is 62.5 Å². The number of ether oxygens (including phenoxy) is 1. The number of nitrogens with one attached hydrogen (secondary N) is 1. The lowest BCUT2D eigenvalue weighted by Gasteiger charge is -2.22. The van der Waals surface area contributed by atoms with Crippen molar-refractivity contribution in [1.29, 1.82) is 0 Å². The Bertz CT molecular complexity index is 625. The second kappa shape index (κ2) is 7.36. The number of fused-ring (bicyclic) bond motifs is 3. The van der Waals surface area contributed by atoms with E-state index in [1.165, 1.54) is 19.3 Å². The maximum atomic E-state index is 5.77. The van der Waals surface area contributed by atoms with E-state index >= 15 is 0 Å². The van der Waals surface area contributed by atoms with Gasteiger partial charge in [0.1, 0.15) is 0 Å². The minimum Gasteiger partial charge on any atom is -0.379 e. The van der Waals surface area contributed by atoms with Gasteiger partial charge in [-0.05, 0) is 61.0 Å². The fourth-order valence-electron chi connectivity index (χ4n) is 4.24. The van der Waals surface area contributed by atoms with Crippen LogP contribution in [0.25, 0.3) is 0 Å². The van der Waals surface area contributed by atoms with Crippen LogP contribution < -0.4 is 5.32 Å². The van der Waals surface area contributed by atoms with Gasteiger partial charge in [0.2, 0.25) is 0 Å². The molecule has 4 rings (SSSR count). The van der Waals surface area contributed by atoms with Gasteiger partial charge >= 0.3 is 0 Å². The number of nitrogens with zero attached hydrogens (tertiary/aromatic N) is 2. The molecule has 3 aliphatic rings. The molecule has 2 saturated carbocycles. The summed E-state index contributed by atoms with van der Waals surface area (Å²) in [4.78, 5) is 7.14. The molecule has 0 aromatic heterocycles. The third-order valence-electron chi connectivity index (χ3n) is 5.97. The van der Waals surface area contributed by atoms with Crippen LogP contribution in [0, 0.1) is 17.8 Å². The van der Waals surface area contributed by atoms with Crippen LogP contribution in [0.3, 0.4) is 0 Å². The molecule has 0 aliphatic heterocycles. The standard InChI is InChI=1S/C21H31N3O/c1-3-22-21(24(2)10-11-25-14-15-8-9-15)23-13-19-18-12-16-6-4-5-7-17(16)20(18)19/h4-7,15,18-20H,3,8-14H2,1-2H3,(H,22,23). The fraction of sp³-hybridized carbons (Fsp3) is 0.667. The highest BCUT2D eigenvalue weighted by Crippen LogP contribution is 2.61. The summed E-state index contributed by atoms with van der Waals surface area (Å²) in [6, 6.07) is 8.96. The van der Waals surface area contributed by atoms with Crippen LogP contribution in [0.1, 0.15) is 36.8 Å². The van der Waals surface area contributed by atoms with E-state index in [0.29, 0.717) is 0 Å². The first-order valence-electron chi connectivity index (χ1n) is 9.93. The molecule has 0 radical (unpaired) electrons. The molecule has 0 spiro atoms. The maximum Gasteiger partial charge on any atom is 0.193 e. The summed E-state index contributed by atoms with van der Waals surface area (Å²) in [5.41, 5.74) is 3.15. The van der Waals surface area contributed by atoms with Crippen molar-refractivity contribution in [3.8, 4) is 0 Å². The van der Waals surface area contributed by atoms with Crippen LogP contribution >= 0.6 is 0 Å². The summed E-state index contributed by atoms with van der Waals surface area (Å²) in [6.45, 7) is 6.62. The number of aliphatic imine (C=N–C) groups is 1. The van der Waals surface area contributed by atoms with Crippen molar-refractivity contribution in [2.75, 3.05) is 39.9 Å². The number of hydrogen-bond acceptors (Lipinski definition) is 2. The monoisotopic (exact) mass is 341 g/mol. The van der Waals surface area contributed by atoms with Gasteiger partial charge in [-0.3, -0.25) is 4.99 Å². The van der Waals surface area contributed by atoms with Gasteiger partial charge in [-0.25, -0.2) is 0 Å². The molecule has 4 nitrogen and oxygen atoms in total. The Labute approximate surface area is 151 Å². The smallest absolute Gasteiger partial charge is 0.193 e. The third-order valence-corrected chi connectivity index (χ3v) is 5.97. The van der Waals surface area contributed by atoms with Crippen LogP contribution in [-0.4, -0.2) is 50.8 Å². The van der Waals surface area contributed by atoms with E-state index in [2.05, 4.69) is 48.5 Å². The van der Waals surface area contributed by atoms with Gasteiger partial charge in [0.05, 0.1) is 6.61 Å². The van der Waals surface area contributed by atoms with Crippen molar-refractivity contribution in [1.82, 2.24) is 10.2 Å². The number of likely N-dealkylation sites (N-methyl/N-ethyl adjacent to an activating group) is 1. The van der Waals surface area contributed by atoms with Crippen molar-refractivity contribution < 1.29 is 4.74 Å². The average molecular weight is 341 g/mol. The average Bonchev–Trinajstić information content (AvgIpc) is 3.53. The van der Waals surface area contributed by atoms with Crippen LogP contribution in [0.15, 0.2) is 29.3 Å². The van der Waals surface area contributed by atoms with Gasteiger partial charge in [-0.1, -0.05) is 24.3 Å². The molecule has 0 bridgehead atoms. The van der Waals surface area contributed by atoms with Gasteiger partial charge in [0, 0.05) is 33.3 Å². The van der Waals surface area contributed by atoms with Gasteiger partial charge in [0.25, 0.3) is 0 Å². The van der Waals surface area contributed by atoms with Crippen molar-refractivity contribution >= 4 is 5.96 Å². The van der Waals surface area contributed by atoms with E-state index in [4.69, 9.17) is 9.73 Å². The molecule has 1 aromatic carbocycles. The highest BCUT2D eigenvalue weighted by Gasteiger charge is 2.54. The molecule has 3 unspecified atom stereocenters.